The molecule has 0 saturated heterocycles. The Hall–Kier alpha value is -2.11. The summed E-state index contributed by atoms with van der Waals surface area (Å²) in [7, 11) is 1.89. The molecule has 2 aromatic heterocycles. The van der Waals surface area contributed by atoms with Gasteiger partial charge < -0.3 is 10.1 Å². The number of hydrogen-bond acceptors (Lipinski definition) is 5. The van der Waals surface area contributed by atoms with Crippen LogP contribution in [0.4, 0.5) is 5.95 Å². The summed E-state index contributed by atoms with van der Waals surface area (Å²) >= 11 is 0. The molecule has 2 heterocycles. The van der Waals surface area contributed by atoms with E-state index in [1.165, 1.54) is 0 Å². The second-order valence-electron chi connectivity index (χ2n) is 3.94. The van der Waals surface area contributed by atoms with Crippen LogP contribution < -0.4 is 10.1 Å². The highest BCUT2D eigenvalue weighted by Crippen LogP contribution is 2.09. The first-order chi connectivity index (χ1) is 8.78. The van der Waals surface area contributed by atoms with Gasteiger partial charge in [-0.2, -0.15) is 10.1 Å². The number of ether oxygens (including phenoxy) is 1. The van der Waals surface area contributed by atoms with Crippen molar-refractivity contribution in [2.75, 3.05) is 11.9 Å². The van der Waals surface area contributed by atoms with Crippen LogP contribution in [0.1, 0.15) is 18.9 Å². The van der Waals surface area contributed by atoms with Gasteiger partial charge in [0.05, 0.1) is 12.8 Å². The standard InChI is InChI=1S/C12H17N5O/c1-3-6-18-11-4-5-13-12(16-11)14-7-10-8-15-17(2)9-10/h4-5,8-9H,3,6-7H2,1-2H3,(H,13,14,16). The highest BCUT2D eigenvalue weighted by atomic mass is 16.5. The van der Waals surface area contributed by atoms with E-state index in [1.54, 1.807) is 16.9 Å². The molecule has 0 aliphatic carbocycles. The first kappa shape index (κ1) is 12.3. The van der Waals surface area contributed by atoms with Crippen molar-refractivity contribution in [1.29, 1.82) is 0 Å². The van der Waals surface area contributed by atoms with Crippen molar-refractivity contribution in [3.05, 3.63) is 30.2 Å². The second kappa shape index (κ2) is 6.00. The van der Waals surface area contributed by atoms with E-state index in [0.29, 0.717) is 25.0 Å². The smallest absolute Gasteiger partial charge is 0.226 e. The van der Waals surface area contributed by atoms with Crippen LogP contribution in [-0.2, 0) is 13.6 Å². The van der Waals surface area contributed by atoms with Crippen molar-refractivity contribution in [3.8, 4) is 5.88 Å². The third-order valence-electron chi connectivity index (χ3n) is 2.29. The van der Waals surface area contributed by atoms with Crippen molar-refractivity contribution in [1.82, 2.24) is 19.7 Å². The molecule has 2 rings (SSSR count). The van der Waals surface area contributed by atoms with Crippen LogP contribution in [0.3, 0.4) is 0 Å². The van der Waals surface area contributed by atoms with Crippen LogP contribution in [0, 0.1) is 0 Å². The van der Waals surface area contributed by atoms with Gasteiger partial charge in [0.1, 0.15) is 0 Å². The predicted molar refractivity (Wildman–Crippen MR) is 68.4 cm³/mol. The Labute approximate surface area is 106 Å². The van der Waals surface area contributed by atoms with Gasteiger partial charge in [0.15, 0.2) is 0 Å². The monoisotopic (exact) mass is 247 g/mol. The number of nitrogens with one attached hydrogen (secondary N) is 1. The molecule has 0 aromatic carbocycles. The highest BCUT2D eigenvalue weighted by Gasteiger charge is 2.01. The van der Waals surface area contributed by atoms with E-state index < -0.39 is 0 Å². The third kappa shape index (κ3) is 3.44. The van der Waals surface area contributed by atoms with Gasteiger partial charge in [-0.25, -0.2) is 4.98 Å². The molecule has 0 fully saturated rings. The maximum absolute atomic E-state index is 5.44. The molecule has 6 nitrogen and oxygen atoms in total. The zero-order chi connectivity index (χ0) is 12.8. The number of hydrogen-bond donors (Lipinski definition) is 1. The quantitative estimate of drug-likeness (QED) is 0.840. The molecule has 18 heavy (non-hydrogen) atoms. The zero-order valence-corrected chi connectivity index (χ0v) is 10.6. The summed E-state index contributed by atoms with van der Waals surface area (Å²) in [4.78, 5) is 8.40. The summed E-state index contributed by atoms with van der Waals surface area (Å²) in [6.45, 7) is 3.37. The third-order valence-corrected chi connectivity index (χ3v) is 2.29. The topological polar surface area (TPSA) is 64.9 Å². The number of anilines is 1. The minimum Gasteiger partial charge on any atom is -0.478 e. The lowest BCUT2D eigenvalue weighted by molar-refractivity contribution is 0.305. The fourth-order valence-corrected chi connectivity index (χ4v) is 1.46. The molecule has 0 bridgehead atoms. The number of rotatable bonds is 6. The van der Waals surface area contributed by atoms with E-state index in [-0.39, 0.29) is 0 Å². The summed E-state index contributed by atoms with van der Waals surface area (Å²) in [5, 5.41) is 7.23. The number of nitrogens with zero attached hydrogens (tertiary/aromatic N) is 4. The number of aromatic nitrogens is 4. The van der Waals surface area contributed by atoms with Crippen LogP contribution in [0.2, 0.25) is 0 Å². The van der Waals surface area contributed by atoms with Crippen molar-refractivity contribution in [2.45, 2.75) is 19.9 Å². The van der Waals surface area contributed by atoms with Crippen LogP contribution >= 0.6 is 0 Å². The zero-order valence-electron chi connectivity index (χ0n) is 10.6. The molecule has 0 aliphatic heterocycles. The lowest BCUT2D eigenvalue weighted by Gasteiger charge is -2.06. The van der Waals surface area contributed by atoms with Gasteiger partial charge in [0.25, 0.3) is 0 Å². The number of aryl methyl sites for hydroxylation is 1. The van der Waals surface area contributed by atoms with Crippen LogP contribution in [0.5, 0.6) is 5.88 Å². The van der Waals surface area contributed by atoms with E-state index in [9.17, 15) is 0 Å². The van der Waals surface area contributed by atoms with Gasteiger partial charge in [0, 0.05) is 37.6 Å². The summed E-state index contributed by atoms with van der Waals surface area (Å²) in [6.07, 6.45) is 6.40. The molecular weight excluding hydrogens is 230 g/mol. The van der Waals surface area contributed by atoms with Gasteiger partial charge in [-0.05, 0) is 6.42 Å². The Morgan fingerprint density at radius 3 is 3.06 bits per heavy atom. The Morgan fingerprint density at radius 2 is 2.33 bits per heavy atom. The molecule has 96 valence electrons. The fraction of sp³-hybridized carbons (Fsp3) is 0.417. The largest absolute Gasteiger partial charge is 0.478 e. The normalized spacial score (nSPS) is 10.3. The van der Waals surface area contributed by atoms with Crippen LogP contribution in [0.25, 0.3) is 0 Å². The van der Waals surface area contributed by atoms with E-state index in [0.717, 1.165) is 12.0 Å². The summed E-state index contributed by atoms with van der Waals surface area (Å²) < 4.78 is 7.21. The lowest BCUT2D eigenvalue weighted by Crippen LogP contribution is -2.05. The molecule has 2 aromatic rings. The Balaban J connectivity index is 1.92. The molecule has 0 unspecified atom stereocenters. The molecule has 0 saturated carbocycles. The Morgan fingerprint density at radius 1 is 1.44 bits per heavy atom. The van der Waals surface area contributed by atoms with Crippen molar-refractivity contribution < 1.29 is 4.74 Å². The van der Waals surface area contributed by atoms with E-state index >= 15 is 0 Å². The minimum atomic E-state index is 0.562. The van der Waals surface area contributed by atoms with Crippen molar-refractivity contribution in [2.24, 2.45) is 7.05 Å². The molecule has 1 N–H and O–H groups in total. The molecule has 0 spiro atoms. The Kier molecular flexibility index (Phi) is 4.11. The van der Waals surface area contributed by atoms with E-state index in [4.69, 9.17) is 4.74 Å². The molecule has 0 atom stereocenters. The van der Waals surface area contributed by atoms with Gasteiger partial charge in [-0.1, -0.05) is 6.92 Å². The molecule has 0 radical (unpaired) electrons. The molecule has 0 amide bonds. The summed E-state index contributed by atoms with van der Waals surface area (Å²) in [5.74, 6) is 1.16. The summed E-state index contributed by atoms with van der Waals surface area (Å²) in [5.41, 5.74) is 1.08. The average molecular weight is 247 g/mol. The maximum Gasteiger partial charge on any atom is 0.226 e. The predicted octanol–water partition coefficient (Wildman–Crippen LogP) is 1.61. The van der Waals surface area contributed by atoms with Gasteiger partial charge >= 0.3 is 0 Å². The van der Waals surface area contributed by atoms with Crippen LogP contribution in [0.15, 0.2) is 24.7 Å². The first-order valence-electron chi connectivity index (χ1n) is 5.95. The maximum atomic E-state index is 5.44. The van der Waals surface area contributed by atoms with E-state index in [1.807, 2.05) is 19.4 Å². The molecule has 6 heteroatoms. The Bertz CT molecular complexity index is 497. The van der Waals surface area contributed by atoms with E-state index in [2.05, 4.69) is 27.3 Å². The fourth-order valence-electron chi connectivity index (χ4n) is 1.46. The van der Waals surface area contributed by atoms with Gasteiger partial charge in [0.2, 0.25) is 11.8 Å². The SMILES string of the molecule is CCCOc1ccnc(NCc2cnn(C)c2)n1. The highest BCUT2D eigenvalue weighted by molar-refractivity contribution is 5.28. The van der Waals surface area contributed by atoms with Crippen molar-refractivity contribution >= 4 is 5.95 Å². The van der Waals surface area contributed by atoms with Crippen LogP contribution in [-0.4, -0.2) is 26.4 Å². The second-order valence-corrected chi connectivity index (χ2v) is 3.94. The van der Waals surface area contributed by atoms with Crippen molar-refractivity contribution in [3.63, 3.8) is 0 Å². The summed E-state index contributed by atoms with van der Waals surface area (Å²) in [6, 6.07) is 1.75. The first-order valence-corrected chi connectivity index (χ1v) is 5.95. The van der Waals surface area contributed by atoms with Gasteiger partial charge in [-0.3, -0.25) is 4.68 Å². The lowest BCUT2D eigenvalue weighted by atomic mass is 10.4. The molecular formula is C12H17N5O. The average Bonchev–Trinajstić information content (AvgIpc) is 2.80. The minimum absolute atomic E-state index is 0.562. The van der Waals surface area contributed by atoms with Gasteiger partial charge in [-0.15, -0.1) is 0 Å². The molecule has 0 aliphatic rings.